The van der Waals surface area contributed by atoms with Gasteiger partial charge in [-0.05, 0) is 43.1 Å². The molecule has 0 aliphatic rings. The van der Waals surface area contributed by atoms with Crippen molar-refractivity contribution in [3.8, 4) is 5.75 Å². The summed E-state index contributed by atoms with van der Waals surface area (Å²) >= 11 is 0. The summed E-state index contributed by atoms with van der Waals surface area (Å²) in [6, 6.07) is 6.16. The lowest BCUT2D eigenvalue weighted by atomic mass is 10.1. The summed E-state index contributed by atoms with van der Waals surface area (Å²) < 4.78 is 5.22. The minimum absolute atomic E-state index is 0.726. The number of nitrogens with two attached hydrogens (primary N) is 1. The van der Waals surface area contributed by atoms with Crippen molar-refractivity contribution in [3.05, 3.63) is 23.8 Å². The molecule has 3 nitrogen and oxygen atoms in total. The molecule has 0 fully saturated rings. The van der Waals surface area contributed by atoms with E-state index < -0.39 is 0 Å². The lowest BCUT2D eigenvalue weighted by Crippen LogP contribution is -2.12. The molecule has 0 unspecified atom stereocenters. The molecule has 84 valence electrons. The molecule has 3 heteroatoms. The third-order valence-corrected chi connectivity index (χ3v) is 2.42. The number of methoxy groups -OCH3 is 1. The maximum Gasteiger partial charge on any atom is 0.119 e. The minimum Gasteiger partial charge on any atom is -0.497 e. The second kappa shape index (κ2) is 5.61. The fourth-order valence-corrected chi connectivity index (χ4v) is 1.62. The number of rotatable bonds is 5. The molecule has 1 aromatic carbocycles. The van der Waals surface area contributed by atoms with Crippen molar-refractivity contribution in [3.63, 3.8) is 0 Å². The molecule has 0 aliphatic carbocycles. The van der Waals surface area contributed by atoms with E-state index in [0.29, 0.717) is 0 Å². The van der Waals surface area contributed by atoms with Crippen molar-refractivity contribution < 1.29 is 4.74 Å². The van der Waals surface area contributed by atoms with Crippen LogP contribution in [0.1, 0.15) is 12.0 Å². The molecule has 0 atom stereocenters. The molecule has 0 aliphatic heterocycles. The van der Waals surface area contributed by atoms with E-state index in [4.69, 9.17) is 10.5 Å². The topological polar surface area (TPSA) is 38.5 Å². The molecule has 0 heterocycles. The number of aryl methyl sites for hydroxylation is 1. The maximum atomic E-state index is 5.53. The van der Waals surface area contributed by atoms with Crippen LogP contribution in [0, 0.1) is 0 Å². The molecule has 1 aromatic rings. The quantitative estimate of drug-likeness (QED) is 0.799. The molecule has 0 saturated heterocycles. The molecule has 0 bridgehead atoms. The van der Waals surface area contributed by atoms with Crippen molar-refractivity contribution in [1.82, 2.24) is 0 Å². The van der Waals surface area contributed by atoms with Crippen molar-refractivity contribution in [2.24, 2.45) is 5.73 Å². The van der Waals surface area contributed by atoms with Crippen LogP contribution in [0.2, 0.25) is 0 Å². The Hall–Kier alpha value is -1.22. The average molecular weight is 208 g/mol. The summed E-state index contributed by atoms with van der Waals surface area (Å²) in [4.78, 5) is 2.12. The smallest absolute Gasteiger partial charge is 0.119 e. The molecule has 0 radical (unpaired) electrons. The number of anilines is 1. The van der Waals surface area contributed by atoms with E-state index in [-0.39, 0.29) is 0 Å². The lowest BCUT2D eigenvalue weighted by molar-refractivity contribution is 0.414. The van der Waals surface area contributed by atoms with Gasteiger partial charge in [-0.1, -0.05) is 0 Å². The van der Waals surface area contributed by atoms with E-state index in [0.717, 1.165) is 25.1 Å². The minimum atomic E-state index is 0.726. The molecule has 0 aromatic heterocycles. The molecule has 15 heavy (non-hydrogen) atoms. The van der Waals surface area contributed by atoms with Crippen LogP contribution in [0.4, 0.5) is 5.69 Å². The normalized spacial score (nSPS) is 10.1. The van der Waals surface area contributed by atoms with Gasteiger partial charge in [-0.2, -0.15) is 0 Å². The first-order valence-electron chi connectivity index (χ1n) is 5.23. The molecular weight excluding hydrogens is 188 g/mol. The van der Waals surface area contributed by atoms with Crippen LogP contribution in [-0.2, 0) is 6.42 Å². The Morgan fingerprint density at radius 3 is 2.60 bits per heavy atom. The Morgan fingerprint density at radius 2 is 2.07 bits per heavy atom. The standard InChI is InChI=1S/C12H20N2O/c1-14(2)12-7-6-11(15-3)9-10(12)5-4-8-13/h6-7,9H,4-5,8,13H2,1-3H3. The van der Waals surface area contributed by atoms with Gasteiger partial charge >= 0.3 is 0 Å². The van der Waals surface area contributed by atoms with Gasteiger partial charge in [0.05, 0.1) is 7.11 Å². The van der Waals surface area contributed by atoms with Crippen LogP contribution >= 0.6 is 0 Å². The molecule has 0 amide bonds. The second-order valence-corrected chi connectivity index (χ2v) is 3.78. The highest BCUT2D eigenvalue weighted by atomic mass is 16.5. The SMILES string of the molecule is COc1ccc(N(C)C)c(CCCN)c1. The first kappa shape index (κ1) is 11.9. The van der Waals surface area contributed by atoms with E-state index >= 15 is 0 Å². The zero-order chi connectivity index (χ0) is 11.3. The van der Waals surface area contributed by atoms with Crippen molar-refractivity contribution in [2.75, 3.05) is 32.6 Å². The maximum absolute atomic E-state index is 5.53. The Morgan fingerprint density at radius 1 is 1.33 bits per heavy atom. The van der Waals surface area contributed by atoms with Gasteiger partial charge < -0.3 is 15.4 Å². The van der Waals surface area contributed by atoms with Crippen molar-refractivity contribution in [2.45, 2.75) is 12.8 Å². The van der Waals surface area contributed by atoms with E-state index in [1.165, 1.54) is 11.3 Å². The van der Waals surface area contributed by atoms with Crippen LogP contribution in [-0.4, -0.2) is 27.7 Å². The highest BCUT2D eigenvalue weighted by molar-refractivity contribution is 5.55. The summed E-state index contributed by atoms with van der Waals surface area (Å²) in [5.74, 6) is 0.910. The van der Waals surface area contributed by atoms with Gasteiger partial charge in [0.1, 0.15) is 5.75 Å². The third-order valence-electron chi connectivity index (χ3n) is 2.42. The van der Waals surface area contributed by atoms with Gasteiger partial charge in [0.25, 0.3) is 0 Å². The number of hydrogen-bond acceptors (Lipinski definition) is 3. The van der Waals surface area contributed by atoms with Crippen LogP contribution in [0.25, 0.3) is 0 Å². The van der Waals surface area contributed by atoms with Crippen LogP contribution < -0.4 is 15.4 Å². The highest BCUT2D eigenvalue weighted by Crippen LogP contribution is 2.25. The van der Waals surface area contributed by atoms with E-state index in [1.54, 1.807) is 7.11 Å². The van der Waals surface area contributed by atoms with Gasteiger partial charge in [0.15, 0.2) is 0 Å². The zero-order valence-corrected chi connectivity index (χ0v) is 9.79. The Labute approximate surface area is 91.8 Å². The molecule has 1 rings (SSSR count). The van der Waals surface area contributed by atoms with Crippen LogP contribution in [0.5, 0.6) is 5.75 Å². The Bertz CT molecular complexity index is 310. The molecule has 2 N–H and O–H groups in total. The van der Waals surface area contributed by atoms with Gasteiger partial charge in [-0.15, -0.1) is 0 Å². The largest absolute Gasteiger partial charge is 0.497 e. The van der Waals surface area contributed by atoms with Gasteiger partial charge in [0, 0.05) is 19.8 Å². The van der Waals surface area contributed by atoms with Gasteiger partial charge in [-0.25, -0.2) is 0 Å². The van der Waals surface area contributed by atoms with Gasteiger partial charge in [-0.3, -0.25) is 0 Å². The fourth-order valence-electron chi connectivity index (χ4n) is 1.62. The molecular formula is C12H20N2O. The summed E-state index contributed by atoms with van der Waals surface area (Å²) in [7, 11) is 5.79. The van der Waals surface area contributed by atoms with Gasteiger partial charge in [0.2, 0.25) is 0 Å². The number of ether oxygens (including phenoxy) is 1. The number of hydrogen-bond donors (Lipinski definition) is 1. The number of nitrogens with zero attached hydrogens (tertiary/aromatic N) is 1. The Kier molecular flexibility index (Phi) is 4.43. The monoisotopic (exact) mass is 208 g/mol. The third kappa shape index (κ3) is 3.13. The fraction of sp³-hybridized carbons (Fsp3) is 0.500. The second-order valence-electron chi connectivity index (χ2n) is 3.78. The van der Waals surface area contributed by atoms with Crippen LogP contribution in [0.3, 0.4) is 0 Å². The predicted molar refractivity (Wildman–Crippen MR) is 64.7 cm³/mol. The van der Waals surface area contributed by atoms with Crippen LogP contribution in [0.15, 0.2) is 18.2 Å². The zero-order valence-electron chi connectivity index (χ0n) is 9.79. The first-order chi connectivity index (χ1) is 7.19. The highest BCUT2D eigenvalue weighted by Gasteiger charge is 2.05. The Balaban J connectivity index is 2.94. The molecule has 0 spiro atoms. The lowest BCUT2D eigenvalue weighted by Gasteiger charge is -2.18. The number of benzene rings is 1. The van der Waals surface area contributed by atoms with E-state index in [1.807, 2.05) is 20.2 Å². The van der Waals surface area contributed by atoms with E-state index in [9.17, 15) is 0 Å². The summed E-state index contributed by atoms with van der Waals surface area (Å²) in [6.07, 6.45) is 2.01. The summed E-state index contributed by atoms with van der Waals surface area (Å²) in [5, 5.41) is 0. The summed E-state index contributed by atoms with van der Waals surface area (Å²) in [5.41, 5.74) is 8.06. The predicted octanol–water partition coefficient (Wildman–Crippen LogP) is 1.65. The summed E-state index contributed by atoms with van der Waals surface area (Å²) in [6.45, 7) is 0.726. The van der Waals surface area contributed by atoms with Crippen molar-refractivity contribution in [1.29, 1.82) is 0 Å². The van der Waals surface area contributed by atoms with Crippen molar-refractivity contribution >= 4 is 5.69 Å². The van der Waals surface area contributed by atoms with E-state index in [2.05, 4.69) is 17.0 Å². The average Bonchev–Trinajstić information content (AvgIpc) is 2.25. The molecule has 0 saturated carbocycles. The first-order valence-corrected chi connectivity index (χ1v) is 5.23.